The van der Waals surface area contributed by atoms with Crippen molar-refractivity contribution in [3.8, 4) is 28.6 Å². The molecule has 2 aromatic heterocycles. The van der Waals surface area contributed by atoms with Crippen LogP contribution < -0.4 is 43.2 Å². The molecule has 0 radical (unpaired) electrons. The molecule has 10 aromatic rings. The molecule has 0 aliphatic rings. The van der Waals surface area contributed by atoms with Crippen LogP contribution in [-0.2, 0) is 29.6 Å². The summed E-state index contributed by atoms with van der Waals surface area (Å²) in [6.07, 6.45) is 0. The number of benzene rings is 8. The largest absolute Gasteiger partial charge is 1.00 e. The van der Waals surface area contributed by atoms with Crippen molar-refractivity contribution in [3.05, 3.63) is 151 Å². The van der Waals surface area contributed by atoms with Crippen LogP contribution in [0.4, 0.5) is 0 Å². The molecule has 0 aliphatic heterocycles. The maximum absolute atomic E-state index is 14.1. The predicted octanol–water partition coefficient (Wildman–Crippen LogP) is 5.81. The van der Waals surface area contributed by atoms with Gasteiger partial charge in [0.15, 0.2) is 11.5 Å². The maximum atomic E-state index is 14.1. The van der Waals surface area contributed by atoms with E-state index in [0.29, 0.717) is 32.3 Å². The third-order valence-corrected chi connectivity index (χ3v) is 13.5. The van der Waals surface area contributed by atoms with E-state index in [1.807, 2.05) is 62.4 Å². The summed E-state index contributed by atoms with van der Waals surface area (Å²) < 4.78 is 72.9. The van der Waals surface area contributed by atoms with Gasteiger partial charge in [0.05, 0.1) is 28.6 Å². The fraction of sp³-hybridized carbons (Fsp3) is 0.0444. The zero-order chi connectivity index (χ0) is 42.8. The molecule has 1 N–H and O–H groups in total. The van der Waals surface area contributed by atoms with Gasteiger partial charge < -0.3 is 18.6 Å². The van der Waals surface area contributed by atoms with Gasteiger partial charge in [0, 0.05) is 27.1 Å². The van der Waals surface area contributed by atoms with Crippen molar-refractivity contribution >= 4 is 86.7 Å². The maximum Gasteiger partial charge on any atom is 1.00 e. The van der Waals surface area contributed by atoms with Crippen LogP contribution in [0, 0.1) is 13.8 Å². The quantitative estimate of drug-likeness (QED) is 0.0410. The Hall–Kier alpha value is -5.86. The van der Waals surface area contributed by atoms with Crippen LogP contribution in [0.5, 0.6) is 11.5 Å². The van der Waals surface area contributed by atoms with Crippen LogP contribution in [0.1, 0.15) is 11.1 Å². The second kappa shape index (κ2) is 16.7. The number of aromatic nitrogens is 5. The number of fused-ring (bicyclic) bond motifs is 9. The summed E-state index contributed by atoms with van der Waals surface area (Å²) in [7, 11) is -9.03. The minimum atomic E-state index is -4.52. The second-order valence-electron chi connectivity index (χ2n) is 14.4. The van der Waals surface area contributed by atoms with Gasteiger partial charge >= 0.3 is 49.8 Å². The molecule has 0 saturated heterocycles. The summed E-state index contributed by atoms with van der Waals surface area (Å²) >= 11 is 0.735. The summed E-state index contributed by atoms with van der Waals surface area (Å²) in [4.78, 5) is 9.94. The molecule has 10 rings (SSSR count). The summed E-state index contributed by atoms with van der Waals surface area (Å²) in [5.74, 6) is -0.306. The molecule has 0 bridgehead atoms. The molecule has 18 heteroatoms. The van der Waals surface area contributed by atoms with Crippen molar-refractivity contribution in [1.29, 1.82) is 0 Å². The van der Waals surface area contributed by atoms with Gasteiger partial charge in [-0.05, 0) is 78.5 Å². The van der Waals surface area contributed by atoms with Gasteiger partial charge in [-0.1, -0.05) is 96.1 Å². The van der Waals surface area contributed by atoms with Crippen molar-refractivity contribution in [3.63, 3.8) is 0 Å². The first kappa shape index (κ1) is 42.4. The molecule has 0 saturated carbocycles. The van der Waals surface area contributed by atoms with Crippen LogP contribution in [0.2, 0.25) is 0 Å². The van der Waals surface area contributed by atoms with Gasteiger partial charge in [0.2, 0.25) is 0 Å². The standard InChI is InChI=1S/C45H31N5O9S3.Na/c1-26-11-17-30(18-12-26)61(52,53)56-40-25-39(50-48-38-22-15-28-23-29(60-59-58-51)16-21-32(28)42(38)49-50)41(57-62(54,55)31-19-13-27(2)14-20-31)24-37(40)45-46-43-35-9-5-3-7-33(35)34-8-4-6-10-36(34)44(43)47-45;/h3-25,51H,1-2H3,(H,46,47);/q;+1/p-1. The Morgan fingerprint density at radius 1 is 0.619 bits per heavy atom. The fourth-order valence-corrected chi connectivity index (χ4v) is 9.70. The van der Waals surface area contributed by atoms with Crippen LogP contribution >= 0.6 is 12.0 Å². The summed E-state index contributed by atoms with van der Waals surface area (Å²) in [5.41, 5.74) is 3.78. The topological polar surface area (TPSA) is 188 Å². The Morgan fingerprint density at radius 2 is 1.22 bits per heavy atom. The first-order valence-corrected chi connectivity index (χ1v) is 22.4. The Morgan fingerprint density at radius 3 is 1.87 bits per heavy atom. The molecule has 14 nitrogen and oxygen atoms in total. The Kier molecular flexibility index (Phi) is 11.2. The van der Waals surface area contributed by atoms with Gasteiger partial charge in [-0.3, -0.25) is 5.04 Å². The van der Waals surface area contributed by atoms with Crippen molar-refractivity contribution < 1.29 is 69.4 Å². The molecule has 0 spiro atoms. The number of aryl methyl sites for hydroxylation is 2. The van der Waals surface area contributed by atoms with Gasteiger partial charge in [-0.2, -0.15) is 21.2 Å². The smallest absolute Gasteiger partial charge is 0.691 e. The van der Waals surface area contributed by atoms with E-state index in [-0.39, 0.29) is 67.9 Å². The SMILES string of the molecule is Cc1ccc(S(=O)(=O)Oc2cc(-n3nc4ccc5cc(SOO[O-])ccc5c4n3)c(OS(=O)(=O)c3ccc(C)cc3)cc2-c2nc3c4ccccc4c4ccccc4c3[nH]2)cc1.[Na+]. The Labute approximate surface area is 386 Å². The molecular formula is C45H30N5NaO9S3. The van der Waals surface area contributed by atoms with Crippen LogP contribution in [0.3, 0.4) is 0 Å². The molecule has 0 aliphatic carbocycles. The van der Waals surface area contributed by atoms with Crippen molar-refractivity contribution in [2.24, 2.45) is 0 Å². The first-order chi connectivity index (χ1) is 30.0. The molecule has 0 fully saturated rings. The van der Waals surface area contributed by atoms with Gasteiger partial charge in [0.25, 0.3) is 0 Å². The number of H-pyrrole nitrogens is 1. The van der Waals surface area contributed by atoms with E-state index in [2.05, 4.69) is 14.4 Å². The Bertz CT molecular complexity index is 3570. The summed E-state index contributed by atoms with van der Waals surface area (Å²) in [6, 6.07) is 39.4. The second-order valence-corrected chi connectivity index (χ2v) is 18.3. The number of hydrogen-bond donors (Lipinski definition) is 1. The van der Waals surface area contributed by atoms with Gasteiger partial charge in [0.1, 0.15) is 32.3 Å². The average Bonchev–Trinajstić information content (AvgIpc) is 3.92. The van der Waals surface area contributed by atoms with E-state index >= 15 is 0 Å². The Balaban J connectivity index is 0.00000504. The van der Waals surface area contributed by atoms with E-state index in [0.717, 1.165) is 54.9 Å². The summed E-state index contributed by atoms with van der Waals surface area (Å²) in [5, 5.41) is 28.4. The molecule has 308 valence electrons. The fourth-order valence-electron chi connectivity index (χ4n) is 7.42. The van der Waals surface area contributed by atoms with E-state index < -0.39 is 20.2 Å². The van der Waals surface area contributed by atoms with Crippen LogP contribution in [0.15, 0.2) is 154 Å². The molecule has 63 heavy (non-hydrogen) atoms. The third-order valence-electron chi connectivity index (χ3n) is 10.4. The molecule has 0 amide bonds. The normalized spacial score (nSPS) is 12.0. The number of aromatic amines is 1. The zero-order valence-electron chi connectivity index (χ0n) is 33.5. The van der Waals surface area contributed by atoms with E-state index in [9.17, 15) is 22.1 Å². The first-order valence-electron chi connectivity index (χ1n) is 18.9. The average molecular weight is 904 g/mol. The molecule has 0 unspecified atom stereocenters. The number of nitrogens with zero attached hydrogens (tertiary/aromatic N) is 4. The number of imidazole rings is 1. The van der Waals surface area contributed by atoms with E-state index in [4.69, 9.17) is 23.5 Å². The van der Waals surface area contributed by atoms with E-state index in [1.54, 1.807) is 54.6 Å². The van der Waals surface area contributed by atoms with Gasteiger partial charge in [-0.15, -0.1) is 15.0 Å². The monoisotopic (exact) mass is 903 g/mol. The van der Waals surface area contributed by atoms with Crippen molar-refractivity contribution in [1.82, 2.24) is 25.0 Å². The molecule has 2 heterocycles. The van der Waals surface area contributed by atoms with Crippen LogP contribution in [0.25, 0.3) is 71.5 Å². The zero-order valence-corrected chi connectivity index (χ0v) is 37.9. The van der Waals surface area contributed by atoms with Gasteiger partial charge in [-0.25, -0.2) is 4.98 Å². The molecule has 8 aromatic carbocycles. The molecule has 0 atom stereocenters. The van der Waals surface area contributed by atoms with Crippen molar-refractivity contribution in [2.45, 2.75) is 28.5 Å². The number of rotatable bonds is 11. The number of hydrogen-bond acceptors (Lipinski definition) is 13. The third kappa shape index (κ3) is 7.92. The molecular weight excluding hydrogens is 874 g/mol. The van der Waals surface area contributed by atoms with Crippen LogP contribution in [-0.4, -0.2) is 41.8 Å². The van der Waals surface area contributed by atoms with Crippen molar-refractivity contribution in [2.75, 3.05) is 0 Å². The predicted molar refractivity (Wildman–Crippen MR) is 232 cm³/mol. The minimum Gasteiger partial charge on any atom is -0.691 e. The van der Waals surface area contributed by atoms with E-state index in [1.165, 1.54) is 36.4 Å². The number of nitrogens with one attached hydrogen (secondary N) is 1. The summed E-state index contributed by atoms with van der Waals surface area (Å²) in [6.45, 7) is 3.66. The minimum absolute atomic E-state index is 0.